The van der Waals surface area contributed by atoms with E-state index in [4.69, 9.17) is 0 Å². The number of nitro groups is 1. The molecule has 2 aromatic carbocycles. The summed E-state index contributed by atoms with van der Waals surface area (Å²) in [4.78, 5) is 12.7. The standard InChI is InChI=1S/C20H22N3O3S/c1-2-15-4-8-17(9-5-15)21-14-20(24,22-12-3-13-27-19(21)22)16-6-10-18(11-7-16)23(25)26/h4-11,24H,2-3,12-14H2,1H3/q+1. The molecule has 0 saturated carbocycles. The first-order valence-corrected chi connectivity index (χ1v) is 10.1. The second kappa shape index (κ2) is 6.98. The van der Waals surface area contributed by atoms with Crippen molar-refractivity contribution in [3.8, 4) is 0 Å². The van der Waals surface area contributed by atoms with Gasteiger partial charge in [-0.2, -0.15) is 0 Å². The molecule has 1 N–H and O–H groups in total. The molecule has 2 aromatic rings. The van der Waals surface area contributed by atoms with Gasteiger partial charge < -0.3 is 5.11 Å². The summed E-state index contributed by atoms with van der Waals surface area (Å²) in [7, 11) is 0. The molecule has 0 saturated heterocycles. The van der Waals surface area contributed by atoms with Crippen LogP contribution in [-0.4, -0.2) is 38.6 Å². The fraction of sp³-hybridized carbons (Fsp3) is 0.350. The number of nitrogens with zero attached hydrogens (tertiary/aromatic N) is 3. The van der Waals surface area contributed by atoms with Gasteiger partial charge in [-0.3, -0.25) is 10.1 Å². The van der Waals surface area contributed by atoms with E-state index in [0.717, 1.165) is 36.0 Å². The molecule has 6 nitrogen and oxygen atoms in total. The second-order valence-corrected chi connectivity index (χ2v) is 7.93. The molecule has 0 amide bonds. The molecule has 0 radical (unpaired) electrons. The van der Waals surface area contributed by atoms with E-state index < -0.39 is 10.6 Å². The fourth-order valence-electron chi connectivity index (χ4n) is 3.71. The van der Waals surface area contributed by atoms with Crippen molar-refractivity contribution in [2.45, 2.75) is 25.5 Å². The third-order valence-electron chi connectivity index (χ3n) is 5.24. The molecule has 27 heavy (non-hydrogen) atoms. The van der Waals surface area contributed by atoms with Gasteiger partial charge in [0.1, 0.15) is 5.69 Å². The first-order chi connectivity index (χ1) is 13.0. The van der Waals surface area contributed by atoms with E-state index in [1.54, 1.807) is 23.9 Å². The lowest BCUT2D eigenvalue weighted by molar-refractivity contribution is -0.656. The number of rotatable bonds is 4. The predicted octanol–water partition coefficient (Wildman–Crippen LogP) is 3.33. The van der Waals surface area contributed by atoms with Crippen LogP contribution >= 0.6 is 11.8 Å². The molecule has 2 aliphatic heterocycles. The molecule has 0 aromatic heterocycles. The topological polar surface area (TPSA) is 69.6 Å². The van der Waals surface area contributed by atoms with E-state index in [9.17, 15) is 15.2 Å². The maximum absolute atomic E-state index is 11.6. The molecule has 1 atom stereocenters. The third-order valence-corrected chi connectivity index (χ3v) is 6.43. The van der Waals surface area contributed by atoms with Gasteiger partial charge in [0.05, 0.1) is 11.5 Å². The number of nitro benzene ring substituents is 1. The minimum Gasteiger partial charge on any atom is -0.346 e. The van der Waals surface area contributed by atoms with Crippen LogP contribution in [0.5, 0.6) is 0 Å². The number of β-amino-alcohol motifs (C(OH)–C–C–N with tert-alkyl or cyclic N) is 1. The van der Waals surface area contributed by atoms with Crippen molar-refractivity contribution in [2.24, 2.45) is 0 Å². The van der Waals surface area contributed by atoms with Crippen LogP contribution in [0.2, 0.25) is 0 Å². The van der Waals surface area contributed by atoms with Crippen LogP contribution in [0, 0.1) is 10.1 Å². The summed E-state index contributed by atoms with van der Waals surface area (Å²) in [5.41, 5.74) is 1.85. The zero-order valence-corrected chi connectivity index (χ0v) is 16.0. The Morgan fingerprint density at radius 1 is 1.22 bits per heavy atom. The summed E-state index contributed by atoms with van der Waals surface area (Å²) in [6.07, 6.45) is 1.98. The SMILES string of the molecule is CCc1ccc(N2CC(O)(c3ccc([N+](=O)[O-])cc3)[N+]3=C2SCCC3)cc1. The largest absolute Gasteiger partial charge is 0.346 e. The van der Waals surface area contributed by atoms with E-state index in [1.807, 2.05) is 4.58 Å². The molecular weight excluding hydrogens is 362 g/mol. The van der Waals surface area contributed by atoms with Crippen molar-refractivity contribution >= 4 is 28.3 Å². The maximum Gasteiger partial charge on any atom is 0.316 e. The van der Waals surface area contributed by atoms with E-state index in [-0.39, 0.29) is 5.69 Å². The first kappa shape index (κ1) is 18.0. The van der Waals surface area contributed by atoms with Crippen molar-refractivity contribution in [3.05, 3.63) is 69.8 Å². The molecule has 1 unspecified atom stereocenters. The summed E-state index contributed by atoms with van der Waals surface area (Å²) >= 11 is 1.75. The zero-order valence-electron chi connectivity index (χ0n) is 15.2. The number of non-ortho nitro benzene ring substituents is 1. The highest BCUT2D eigenvalue weighted by atomic mass is 32.2. The molecule has 7 heteroatoms. The minimum atomic E-state index is -1.19. The molecule has 0 fully saturated rings. The lowest BCUT2D eigenvalue weighted by atomic mass is 10.0. The molecule has 2 aliphatic rings. The fourth-order valence-corrected chi connectivity index (χ4v) is 4.89. The third kappa shape index (κ3) is 3.11. The number of benzene rings is 2. The van der Waals surface area contributed by atoms with Crippen molar-refractivity contribution < 1.29 is 14.6 Å². The highest BCUT2D eigenvalue weighted by molar-refractivity contribution is 8.13. The van der Waals surface area contributed by atoms with Crippen molar-refractivity contribution in [3.63, 3.8) is 0 Å². The summed E-state index contributed by atoms with van der Waals surface area (Å²) < 4.78 is 2.04. The smallest absolute Gasteiger partial charge is 0.316 e. The summed E-state index contributed by atoms with van der Waals surface area (Å²) in [6, 6.07) is 14.7. The molecule has 0 aliphatic carbocycles. The van der Waals surface area contributed by atoms with Crippen molar-refractivity contribution in [2.75, 3.05) is 23.7 Å². The van der Waals surface area contributed by atoms with Gasteiger partial charge in [0, 0.05) is 23.4 Å². The lowest BCUT2D eigenvalue weighted by Crippen LogP contribution is -2.41. The monoisotopic (exact) mass is 384 g/mol. The Morgan fingerprint density at radius 2 is 1.93 bits per heavy atom. The van der Waals surface area contributed by atoms with Gasteiger partial charge in [-0.1, -0.05) is 19.1 Å². The van der Waals surface area contributed by atoms with Crippen LogP contribution in [0.25, 0.3) is 0 Å². The highest BCUT2D eigenvalue weighted by Crippen LogP contribution is 2.38. The number of hydrogen-bond acceptors (Lipinski definition) is 5. The minimum absolute atomic E-state index is 0.0320. The van der Waals surface area contributed by atoms with Gasteiger partial charge in [-0.25, -0.2) is 9.48 Å². The molecule has 140 valence electrons. The van der Waals surface area contributed by atoms with Crippen molar-refractivity contribution in [1.29, 1.82) is 0 Å². The Labute approximate surface area is 162 Å². The number of aliphatic hydroxyl groups is 1. The summed E-state index contributed by atoms with van der Waals surface area (Å²) in [5, 5.41) is 23.6. The van der Waals surface area contributed by atoms with E-state index >= 15 is 0 Å². The van der Waals surface area contributed by atoms with Crippen LogP contribution in [-0.2, 0) is 12.1 Å². The number of aryl methyl sites for hydroxylation is 1. The van der Waals surface area contributed by atoms with Crippen LogP contribution < -0.4 is 4.90 Å². The van der Waals surface area contributed by atoms with Crippen LogP contribution in [0.3, 0.4) is 0 Å². The zero-order chi connectivity index (χ0) is 19.0. The van der Waals surface area contributed by atoms with Gasteiger partial charge in [-0.15, -0.1) is 0 Å². The van der Waals surface area contributed by atoms with Gasteiger partial charge in [0.2, 0.25) is 0 Å². The van der Waals surface area contributed by atoms with Crippen LogP contribution in [0.1, 0.15) is 24.5 Å². The second-order valence-electron chi connectivity index (χ2n) is 6.86. The van der Waals surface area contributed by atoms with Gasteiger partial charge >= 0.3 is 5.17 Å². The molecule has 0 bridgehead atoms. The quantitative estimate of drug-likeness (QED) is 0.497. The number of amidine groups is 1. The van der Waals surface area contributed by atoms with Gasteiger partial charge in [0.25, 0.3) is 11.4 Å². The van der Waals surface area contributed by atoms with E-state index in [1.165, 1.54) is 17.7 Å². The molecule has 2 heterocycles. The number of anilines is 1. The average molecular weight is 384 g/mol. The van der Waals surface area contributed by atoms with E-state index in [2.05, 4.69) is 36.1 Å². The number of hydrogen-bond donors (Lipinski definition) is 1. The Hall–Kier alpha value is -2.38. The number of thioether (sulfide) groups is 1. The Kier molecular flexibility index (Phi) is 4.65. The Morgan fingerprint density at radius 3 is 2.56 bits per heavy atom. The molecular formula is C20H22N3O3S+. The van der Waals surface area contributed by atoms with Crippen LogP contribution in [0.15, 0.2) is 48.5 Å². The molecule has 4 rings (SSSR count). The van der Waals surface area contributed by atoms with Gasteiger partial charge in [0.15, 0.2) is 6.54 Å². The Balaban J connectivity index is 1.73. The lowest BCUT2D eigenvalue weighted by Gasteiger charge is -2.24. The molecule has 0 spiro atoms. The predicted molar refractivity (Wildman–Crippen MR) is 107 cm³/mol. The van der Waals surface area contributed by atoms with E-state index in [0.29, 0.717) is 12.1 Å². The summed E-state index contributed by atoms with van der Waals surface area (Å²) in [5.74, 6) is 1.02. The Bertz CT molecular complexity index is 896. The van der Waals surface area contributed by atoms with Crippen molar-refractivity contribution in [1.82, 2.24) is 0 Å². The average Bonchev–Trinajstić information content (AvgIpc) is 3.02. The maximum atomic E-state index is 11.6. The highest BCUT2D eigenvalue weighted by Gasteiger charge is 2.53. The van der Waals surface area contributed by atoms with Crippen LogP contribution in [0.4, 0.5) is 11.4 Å². The van der Waals surface area contributed by atoms with Gasteiger partial charge in [-0.05, 0) is 54.4 Å². The summed E-state index contributed by atoms with van der Waals surface area (Å²) in [6.45, 7) is 3.30. The first-order valence-electron chi connectivity index (χ1n) is 9.14. The normalized spacial score (nSPS) is 22.1.